The predicted octanol–water partition coefficient (Wildman–Crippen LogP) is 1.19. The van der Waals surface area contributed by atoms with E-state index in [1.54, 1.807) is 0 Å². The van der Waals surface area contributed by atoms with Gasteiger partial charge in [-0.2, -0.15) is 0 Å². The Morgan fingerprint density at radius 2 is 2.00 bits per heavy atom. The zero-order valence-electron chi connectivity index (χ0n) is 11.4. The minimum atomic E-state index is -0.682. The molecule has 0 amide bonds. The van der Waals surface area contributed by atoms with Crippen LogP contribution in [0.15, 0.2) is 24.3 Å². The molecular formula is C16H19NO3. The molecule has 106 valence electrons. The third-order valence-electron chi connectivity index (χ3n) is 5.37. The highest BCUT2D eigenvalue weighted by Crippen LogP contribution is 2.43. The Morgan fingerprint density at radius 3 is 2.60 bits per heavy atom. The standard InChI is InChI=1S/C16H19NO3/c18-15(19)16-9-17(7-13(16)8-20-10-16)14-5-11-3-1-2-4-12(11)6-14/h1-4,13-14H,5-10H2,(H,18,19)/t13-,16-/m1/s1. The van der Waals surface area contributed by atoms with E-state index < -0.39 is 11.4 Å². The molecule has 0 saturated carbocycles. The Labute approximate surface area is 118 Å². The number of ether oxygens (including phenoxy) is 1. The van der Waals surface area contributed by atoms with Crippen LogP contribution in [-0.4, -0.2) is 48.3 Å². The molecule has 1 aromatic rings. The van der Waals surface area contributed by atoms with Crippen molar-refractivity contribution >= 4 is 5.97 Å². The average Bonchev–Trinajstić information content (AvgIpc) is 3.09. The molecule has 0 aromatic heterocycles. The summed E-state index contributed by atoms with van der Waals surface area (Å²) >= 11 is 0. The van der Waals surface area contributed by atoms with Crippen LogP contribution in [0.2, 0.25) is 0 Å². The van der Waals surface area contributed by atoms with Gasteiger partial charge in [-0.3, -0.25) is 9.69 Å². The minimum Gasteiger partial charge on any atom is -0.481 e. The Balaban J connectivity index is 1.54. The van der Waals surface area contributed by atoms with E-state index in [1.807, 2.05) is 0 Å². The Kier molecular flexibility index (Phi) is 2.66. The number of hydrogen-bond donors (Lipinski definition) is 1. The first-order chi connectivity index (χ1) is 9.69. The van der Waals surface area contributed by atoms with Crippen molar-refractivity contribution in [1.29, 1.82) is 0 Å². The van der Waals surface area contributed by atoms with Gasteiger partial charge < -0.3 is 9.84 Å². The molecule has 4 nitrogen and oxygen atoms in total. The van der Waals surface area contributed by atoms with Gasteiger partial charge in [-0.25, -0.2) is 0 Å². The van der Waals surface area contributed by atoms with E-state index in [-0.39, 0.29) is 5.92 Å². The molecule has 1 N–H and O–H groups in total. The van der Waals surface area contributed by atoms with E-state index in [9.17, 15) is 9.90 Å². The second-order valence-corrected chi connectivity index (χ2v) is 6.43. The number of hydrogen-bond acceptors (Lipinski definition) is 3. The number of benzene rings is 1. The number of carbonyl (C=O) groups is 1. The number of nitrogens with zero attached hydrogens (tertiary/aromatic N) is 1. The zero-order valence-corrected chi connectivity index (χ0v) is 11.4. The van der Waals surface area contributed by atoms with Crippen molar-refractivity contribution in [3.8, 4) is 0 Å². The molecule has 1 aromatic carbocycles. The Morgan fingerprint density at radius 1 is 1.30 bits per heavy atom. The van der Waals surface area contributed by atoms with Crippen molar-refractivity contribution in [2.45, 2.75) is 18.9 Å². The molecule has 2 fully saturated rings. The summed E-state index contributed by atoms with van der Waals surface area (Å²) < 4.78 is 5.44. The summed E-state index contributed by atoms with van der Waals surface area (Å²) in [5.41, 5.74) is 2.19. The predicted molar refractivity (Wildman–Crippen MR) is 73.6 cm³/mol. The van der Waals surface area contributed by atoms with Gasteiger partial charge in [-0.05, 0) is 24.0 Å². The summed E-state index contributed by atoms with van der Waals surface area (Å²) in [6.07, 6.45) is 2.11. The second-order valence-electron chi connectivity index (χ2n) is 6.43. The van der Waals surface area contributed by atoms with E-state index >= 15 is 0 Å². The molecule has 0 radical (unpaired) electrons. The third kappa shape index (κ3) is 1.64. The molecule has 4 heteroatoms. The van der Waals surface area contributed by atoms with Crippen LogP contribution in [0.4, 0.5) is 0 Å². The Hall–Kier alpha value is -1.39. The molecule has 0 bridgehead atoms. The van der Waals surface area contributed by atoms with Crippen LogP contribution in [0.25, 0.3) is 0 Å². The van der Waals surface area contributed by atoms with Crippen molar-refractivity contribution in [2.75, 3.05) is 26.3 Å². The van der Waals surface area contributed by atoms with E-state index in [0.29, 0.717) is 25.8 Å². The summed E-state index contributed by atoms with van der Waals surface area (Å²) in [6, 6.07) is 9.04. The lowest BCUT2D eigenvalue weighted by atomic mass is 9.81. The number of carboxylic acid groups (broad SMARTS) is 1. The highest BCUT2D eigenvalue weighted by Gasteiger charge is 2.57. The molecule has 3 aliphatic rings. The van der Waals surface area contributed by atoms with Crippen molar-refractivity contribution in [3.63, 3.8) is 0 Å². The number of aliphatic carboxylic acids is 1. The summed E-state index contributed by atoms with van der Waals surface area (Å²) in [4.78, 5) is 14.1. The van der Waals surface area contributed by atoms with Gasteiger partial charge in [-0.1, -0.05) is 24.3 Å². The van der Waals surface area contributed by atoms with Gasteiger partial charge in [0.1, 0.15) is 5.41 Å². The largest absolute Gasteiger partial charge is 0.481 e. The third-order valence-corrected chi connectivity index (χ3v) is 5.37. The van der Waals surface area contributed by atoms with Gasteiger partial charge in [-0.15, -0.1) is 0 Å². The van der Waals surface area contributed by atoms with Crippen LogP contribution in [0.1, 0.15) is 11.1 Å². The van der Waals surface area contributed by atoms with Crippen LogP contribution < -0.4 is 0 Å². The van der Waals surface area contributed by atoms with Crippen molar-refractivity contribution < 1.29 is 14.6 Å². The first-order valence-corrected chi connectivity index (χ1v) is 7.31. The molecule has 0 unspecified atom stereocenters. The molecule has 4 rings (SSSR count). The molecule has 2 saturated heterocycles. The van der Waals surface area contributed by atoms with Crippen molar-refractivity contribution in [3.05, 3.63) is 35.4 Å². The molecule has 1 aliphatic carbocycles. The zero-order chi connectivity index (χ0) is 13.7. The van der Waals surface area contributed by atoms with Crippen LogP contribution in [0.3, 0.4) is 0 Å². The fourth-order valence-electron chi connectivity index (χ4n) is 4.15. The van der Waals surface area contributed by atoms with E-state index in [2.05, 4.69) is 29.2 Å². The monoisotopic (exact) mass is 273 g/mol. The fraction of sp³-hybridized carbons (Fsp3) is 0.562. The summed E-state index contributed by atoms with van der Waals surface area (Å²) in [5, 5.41) is 9.60. The van der Waals surface area contributed by atoms with Gasteiger partial charge in [0.25, 0.3) is 0 Å². The van der Waals surface area contributed by atoms with Gasteiger partial charge in [0.2, 0.25) is 0 Å². The average molecular weight is 273 g/mol. The van der Waals surface area contributed by atoms with Crippen LogP contribution in [0, 0.1) is 11.3 Å². The van der Waals surface area contributed by atoms with Crippen molar-refractivity contribution in [1.82, 2.24) is 4.90 Å². The number of likely N-dealkylation sites (tertiary alicyclic amines) is 1. The van der Waals surface area contributed by atoms with E-state index in [0.717, 1.165) is 19.4 Å². The maximum Gasteiger partial charge on any atom is 0.313 e. The first-order valence-electron chi connectivity index (χ1n) is 7.31. The highest BCUT2D eigenvalue weighted by molar-refractivity contribution is 5.76. The molecule has 2 heterocycles. The fourth-order valence-corrected chi connectivity index (χ4v) is 4.15. The van der Waals surface area contributed by atoms with Crippen LogP contribution in [0.5, 0.6) is 0 Å². The second kappa shape index (κ2) is 4.30. The highest BCUT2D eigenvalue weighted by atomic mass is 16.5. The molecular weight excluding hydrogens is 254 g/mol. The number of fused-ring (bicyclic) bond motifs is 2. The maximum atomic E-state index is 11.7. The number of rotatable bonds is 2. The smallest absolute Gasteiger partial charge is 0.313 e. The maximum absolute atomic E-state index is 11.7. The SMILES string of the molecule is O=C(O)[C@]12COC[C@H]1CN(C1Cc3ccccc3C1)C2. The lowest BCUT2D eigenvalue weighted by Crippen LogP contribution is -2.41. The van der Waals surface area contributed by atoms with Crippen LogP contribution in [-0.2, 0) is 22.4 Å². The molecule has 0 spiro atoms. The van der Waals surface area contributed by atoms with Crippen LogP contribution >= 0.6 is 0 Å². The molecule has 2 atom stereocenters. The van der Waals surface area contributed by atoms with E-state index in [4.69, 9.17) is 4.74 Å². The molecule has 20 heavy (non-hydrogen) atoms. The normalized spacial score (nSPS) is 33.3. The Bertz CT molecular complexity index is 533. The lowest BCUT2D eigenvalue weighted by molar-refractivity contribution is -0.149. The van der Waals surface area contributed by atoms with Crippen molar-refractivity contribution in [2.24, 2.45) is 11.3 Å². The first kappa shape index (κ1) is 12.4. The van der Waals surface area contributed by atoms with E-state index in [1.165, 1.54) is 11.1 Å². The molecule has 2 aliphatic heterocycles. The van der Waals surface area contributed by atoms with Gasteiger partial charge in [0, 0.05) is 25.0 Å². The quantitative estimate of drug-likeness (QED) is 0.879. The lowest BCUT2D eigenvalue weighted by Gasteiger charge is -2.26. The van der Waals surface area contributed by atoms with Gasteiger partial charge in [0.15, 0.2) is 0 Å². The summed E-state index contributed by atoms with van der Waals surface area (Å²) in [5.74, 6) is -0.526. The van der Waals surface area contributed by atoms with Gasteiger partial charge in [0.05, 0.1) is 13.2 Å². The minimum absolute atomic E-state index is 0.156. The van der Waals surface area contributed by atoms with Gasteiger partial charge >= 0.3 is 5.97 Å². The number of carboxylic acids is 1. The summed E-state index contributed by atoms with van der Waals surface area (Å²) in [6.45, 7) is 2.49. The topological polar surface area (TPSA) is 49.8 Å². The summed E-state index contributed by atoms with van der Waals surface area (Å²) in [7, 11) is 0.